The monoisotopic (exact) mass is 327 g/mol. The quantitative estimate of drug-likeness (QED) is 0.209. The largest absolute Gasteiger partial charge is 0.508 e. The van der Waals surface area contributed by atoms with Crippen molar-refractivity contribution in [2.75, 3.05) is 12.4 Å². The minimum atomic E-state index is -0.695. The van der Waals surface area contributed by atoms with Crippen molar-refractivity contribution in [3.63, 3.8) is 0 Å². The van der Waals surface area contributed by atoms with Crippen LogP contribution in [0.5, 0.6) is 5.75 Å². The van der Waals surface area contributed by atoms with E-state index in [4.69, 9.17) is 0 Å². The van der Waals surface area contributed by atoms with E-state index in [1.54, 1.807) is 12.1 Å². The van der Waals surface area contributed by atoms with Crippen molar-refractivity contribution in [3.8, 4) is 5.75 Å². The molecule has 0 saturated heterocycles. The molecular weight excluding hydrogens is 306 g/mol. The maximum Gasteiger partial charge on any atom is 0.343 e. The number of ketones is 1. The van der Waals surface area contributed by atoms with Crippen LogP contribution in [-0.2, 0) is 14.3 Å². The van der Waals surface area contributed by atoms with E-state index in [1.807, 2.05) is 6.08 Å². The number of nitrogens with one attached hydrogen (secondary N) is 1. The van der Waals surface area contributed by atoms with E-state index in [0.717, 1.165) is 19.3 Å². The molecular formula is C19H21NO4. The second kappa shape index (κ2) is 8.72. The molecule has 126 valence electrons. The number of allylic oxidation sites excluding steroid dienone is 4. The average Bonchev–Trinajstić information content (AvgIpc) is 2.62. The lowest BCUT2D eigenvalue weighted by molar-refractivity contribution is -0.137. The van der Waals surface area contributed by atoms with Crippen molar-refractivity contribution < 1.29 is 19.4 Å². The number of anilines is 1. The summed E-state index contributed by atoms with van der Waals surface area (Å²) in [5.74, 6) is -0.636. The molecule has 5 nitrogen and oxygen atoms in total. The molecule has 2 N–H and O–H groups in total. The molecule has 0 radical (unpaired) electrons. The molecule has 2 rings (SSSR count). The van der Waals surface area contributed by atoms with Crippen LogP contribution in [0, 0.1) is 5.92 Å². The highest BCUT2D eigenvalue weighted by molar-refractivity contribution is 6.21. The lowest BCUT2D eigenvalue weighted by Crippen LogP contribution is -2.14. The number of carbonyl (C=O) groups excluding carboxylic acids is 2. The molecule has 1 unspecified atom stereocenters. The number of rotatable bonds is 6. The molecule has 0 saturated carbocycles. The van der Waals surface area contributed by atoms with Gasteiger partial charge in [0.05, 0.1) is 7.11 Å². The Bertz CT molecular complexity index is 671. The van der Waals surface area contributed by atoms with E-state index < -0.39 is 11.8 Å². The van der Waals surface area contributed by atoms with E-state index in [2.05, 4.69) is 22.2 Å². The molecule has 24 heavy (non-hydrogen) atoms. The van der Waals surface area contributed by atoms with Crippen LogP contribution < -0.4 is 5.32 Å². The number of esters is 1. The van der Waals surface area contributed by atoms with Crippen LogP contribution in [0.4, 0.5) is 5.69 Å². The first-order valence-corrected chi connectivity index (χ1v) is 7.81. The summed E-state index contributed by atoms with van der Waals surface area (Å²) in [6.07, 6.45) is 11.8. The van der Waals surface area contributed by atoms with Gasteiger partial charge < -0.3 is 15.2 Å². The van der Waals surface area contributed by atoms with E-state index in [9.17, 15) is 14.7 Å². The van der Waals surface area contributed by atoms with Gasteiger partial charge in [-0.25, -0.2) is 4.79 Å². The maximum absolute atomic E-state index is 12.3. The molecule has 0 amide bonds. The molecule has 1 atom stereocenters. The number of phenolic OH excluding ortho intramolecular Hbond substituents is 1. The molecule has 0 aliphatic heterocycles. The number of carbonyl (C=O) groups is 2. The Morgan fingerprint density at radius 2 is 2.00 bits per heavy atom. The number of hydrogen-bond donors (Lipinski definition) is 2. The molecule has 1 aromatic rings. The summed E-state index contributed by atoms with van der Waals surface area (Å²) >= 11 is 0. The van der Waals surface area contributed by atoms with E-state index >= 15 is 0 Å². The second-order valence-electron chi connectivity index (χ2n) is 5.51. The number of benzene rings is 1. The molecule has 1 aromatic carbocycles. The Kier molecular flexibility index (Phi) is 6.37. The van der Waals surface area contributed by atoms with Gasteiger partial charge in [-0.3, -0.25) is 4.79 Å². The van der Waals surface area contributed by atoms with Gasteiger partial charge in [-0.15, -0.1) is 0 Å². The highest BCUT2D eigenvalue weighted by Crippen LogP contribution is 2.19. The SMILES string of the molecule is COC(=O)C(=CNc1ccc(O)cc1)C(=O)C=CC1CC=CCC1. The first kappa shape index (κ1) is 17.5. The van der Waals surface area contributed by atoms with Crippen molar-refractivity contribution >= 4 is 17.4 Å². The standard InChI is InChI=1S/C19H21NO4/c1-24-19(23)17(13-20-15-8-10-16(21)11-9-15)18(22)12-7-14-5-3-2-4-6-14/h2-3,7-14,20-21H,4-6H2,1H3. The third-order valence-corrected chi connectivity index (χ3v) is 3.75. The first-order valence-electron chi connectivity index (χ1n) is 7.81. The fraction of sp³-hybridized carbons (Fsp3) is 0.263. The fourth-order valence-corrected chi connectivity index (χ4v) is 2.36. The number of methoxy groups -OCH3 is 1. The minimum absolute atomic E-state index is 0.0758. The Morgan fingerprint density at radius 3 is 2.62 bits per heavy atom. The lowest BCUT2D eigenvalue weighted by atomic mass is 9.93. The Hall–Kier alpha value is -2.82. The van der Waals surface area contributed by atoms with Gasteiger partial charge >= 0.3 is 5.97 Å². The van der Waals surface area contributed by atoms with Crippen LogP contribution in [0.1, 0.15) is 19.3 Å². The Morgan fingerprint density at radius 1 is 1.25 bits per heavy atom. The normalized spacial score (nSPS) is 17.7. The van der Waals surface area contributed by atoms with Crippen molar-refractivity contribution in [1.29, 1.82) is 0 Å². The highest BCUT2D eigenvalue weighted by atomic mass is 16.5. The summed E-state index contributed by atoms with van der Waals surface area (Å²) in [5, 5.41) is 12.1. The number of ether oxygens (including phenoxy) is 1. The molecule has 1 aliphatic rings. The number of phenols is 1. The molecule has 1 aliphatic carbocycles. The molecule has 0 aromatic heterocycles. The van der Waals surface area contributed by atoms with Crippen molar-refractivity contribution in [3.05, 3.63) is 60.3 Å². The average molecular weight is 327 g/mol. The van der Waals surface area contributed by atoms with Crippen LogP contribution in [0.3, 0.4) is 0 Å². The highest BCUT2D eigenvalue weighted by Gasteiger charge is 2.17. The van der Waals surface area contributed by atoms with Gasteiger partial charge in [0.2, 0.25) is 0 Å². The van der Waals surface area contributed by atoms with Gasteiger partial charge in [-0.1, -0.05) is 18.2 Å². The molecule has 0 fully saturated rings. The van der Waals surface area contributed by atoms with Crippen LogP contribution in [0.25, 0.3) is 0 Å². The topological polar surface area (TPSA) is 75.6 Å². The number of hydrogen-bond acceptors (Lipinski definition) is 5. The number of aromatic hydroxyl groups is 1. The molecule has 0 bridgehead atoms. The summed E-state index contributed by atoms with van der Waals surface area (Å²) in [4.78, 5) is 24.2. The zero-order valence-electron chi connectivity index (χ0n) is 13.6. The third kappa shape index (κ3) is 5.12. The second-order valence-corrected chi connectivity index (χ2v) is 5.51. The van der Waals surface area contributed by atoms with Crippen LogP contribution in [0.2, 0.25) is 0 Å². The smallest absolute Gasteiger partial charge is 0.343 e. The van der Waals surface area contributed by atoms with Crippen molar-refractivity contribution in [2.45, 2.75) is 19.3 Å². The van der Waals surface area contributed by atoms with Gasteiger partial charge in [-0.2, -0.15) is 0 Å². The van der Waals surface area contributed by atoms with E-state index in [-0.39, 0.29) is 11.3 Å². The van der Waals surface area contributed by atoms with Crippen molar-refractivity contribution in [1.82, 2.24) is 0 Å². The van der Waals surface area contributed by atoms with Crippen molar-refractivity contribution in [2.24, 2.45) is 5.92 Å². The summed E-state index contributed by atoms with van der Waals surface area (Å²) in [6.45, 7) is 0. The van der Waals surface area contributed by atoms with Crippen LogP contribution >= 0.6 is 0 Å². The van der Waals surface area contributed by atoms with Gasteiger partial charge in [-0.05, 0) is 55.5 Å². The van der Waals surface area contributed by atoms with Crippen LogP contribution in [0.15, 0.2) is 60.3 Å². The predicted molar refractivity (Wildman–Crippen MR) is 92.5 cm³/mol. The minimum Gasteiger partial charge on any atom is -0.508 e. The van der Waals surface area contributed by atoms with Gasteiger partial charge in [0, 0.05) is 11.9 Å². The predicted octanol–water partition coefficient (Wildman–Crippen LogP) is 3.34. The Labute approximate surface area is 141 Å². The van der Waals surface area contributed by atoms with E-state index in [1.165, 1.54) is 31.5 Å². The molecule has 5 heteroatoms. The summed E-state index contributed by atoms with van der Waals surface area (Å²) in [7, 11) is 1.24. The van der Waals surface area contributed by atoms with Gasteiger partial charge in [0.1, 0.15) is 11.3 Å². The van der Waals surface area contributed by atoms with E-state index in [0.29, 0.717) is 11.6 Å². The first-order chi connectivity index (χ1) is 11.6. The lowest BCUT2D eigenvalue weighted by Gasteiger charge is -2.12. The van der Waals surface area contributed by atoms with Gasteiger partial charge in [0.15, 0.2) is 5.78 Å². The fourth-order valence-electron chi connectivity index (χ4n) is 2.36. The zero-order valence-corrected chi connectivity index (χ0v) is 13.6. The zero-order chi connectivity index (χ0) is 17.4. The summed E-state index contributed by atoms with van der Waals surface area (Å²) < 4.78 is 4.68. The molecule has 0 spiro atoms. The van der Waals surface area contributed by atoms with Crippen LogP contribution in [-0.4, -0.2) is 24.0 Å². The molecule has 0 heterocycles. The maximum atomic E-state index is 12.3. The third-order valence-electron chi connectivity index (χ3n) is 3.75. The Balaban J connectivity index is 2.08. The van der Waals surface area contributed by atoms with Gasteiger partial charge in [0.25, 0.3) is 0 Å². The summed E-state index contributed by atoms with van der Waals surface area (Å²) in [6, 6.07) is 6.28. The summed E-state index contributed by atoms with van der Waals surface area (Å²) in [5.41, 5.74) is 0.566.